The van der Waals surface area contributed by atoms with Gasteiger partial charge in [0.25, 0.3) is 0 Å². The molecular formula is C37H61N3O5Si. The molecule has 7 rings (SSSR count). The van der Waals surface area contributed by atoms with E-state index < -0.39 is 19.4 Å². The Morgan fingerprint density at radius 3 is 2.37 bits per heavy atom. The molecule has 4 aliphatic carbocycles. The maximum absolute atomic E-state index is 13.9. The van der Waals surface area contributed by atoms with E-state index >= 15 is 0 Å². The first kappa shape index (κ1) is 34.2. The van der Waals surface area contributed by atoms with Gasteiger partial charge in [-0.25, -0.2) is 19.0 Å². The van der Waals surface area contributed by atoms with Crippen molar-refractivity contribution in [2.75, 3.05) is 13.9 Å². The van der Waals surface area contributed by atoms with Gasteiger partial charge >= 0.3 is 11.4 Å². The van der Waals surface area contributed by atoms with Crippen molar-refractivity contribution in [1.29, 1.82) is 0 Å². The first-order valence-corrected chi connectivity index (χ1v) is 21.0. The molecule has 2 fully saturated rings. The van der Waals surface area contributed by atoms with Crippen molar-refractivity contribution in [2.24, 2.45) is 34.5 Å². The van der Waals surface area contributed by atoms with Crippen molar-refractivity contribution in [3.05, 3.63) is 44.8 Å². The summed E-state index contributed by atoms with van der Waals surface area (Å²) in [7, 11) is -0.351. The van der Waals surface area contributed by atoms with Crippen LogP contribution in [0.1, 0.15) is 107 Å². The Hall–Kier alpha value is -1.68. The molecule has 3 heterocycles. The van der Waals surface area contributed by atoms with E-state index in [1.54, 1.807) is 7.11 Å². The molecule has 9 heteroatoms. The fraction of sp³-hybridized carbons (Fsp3) is 0.838. The van der Waals surface area contributed by atoms with Crippen molar-refractivity contribution >= 4 is 8.32 Å². The van der Waals surface area contributed by atoms with Crippen molar-refractivity contribution in [3.8, 4) is 0 Å². The molecule has 0 radical (unpaired) electrons. The van der Waals surface area contributed by atoms with E-state index in [2.05, 4.69) is 91.7 Å². The highest BCUT2D eigenvalue weighted by atomic mass is 28.4. The largest absolute Gasteiger partial charge is 0.414 e. The summed E-state index contributed by atoms with van der Waals surface area (Å²) in [4.78, 5) is 30.4. The van der Waals surface area contributed by atoms with Crippen LogP contribution < -0.4 is 11.4 Å². The van der Waals surface area contributed by atoms with E-state index in [1.165, 1.54) is 5.57 Å². The molecule has 8 nitrogen and oxygen atoms in total. The number of hydrogen-bond acceptors (Lipinski definition) is 5. The fourth-order valence-electron chi connectivity index (χ4n) is 10.8. The Morgan fingerprint density at radius 2 is 1.72 bits per heavy atom. The molecule has 0 saturated heterocycles. The van der Waals surface area contributed by atoms with Crippen molar-refractivity contribution in [1.82, 2.24) is 14.3 Å². The Morgan fingerprint density at radius 1 is 1.02 bits per heavy atom. The number of aromatic nitrogens is 3. The number of hydrogen-bond donors (Lipinski definition) is 1. The summed E-state index contributed by atoms with van der Waals surface area (Å²) >= 11 is 0. The molecule has 0 amide bonds. The fourth-order valence-corrected chi connectivity index (χ4v) is 12.2. The lowest BCUT2D eigenvalue weighted by Crippen LogP contribution is -2.73. The number of ether oxygens (including phenoxy) is 2. The van der Waals surface area contributed by atoms with Crippen molar-refractivity contribution in [3.63, 3.8) is 0 Å². The third-order valence-electron chi connectivity index (χ3n) is 14.2. The second-order valence-corrected chi connectivity index (χ2v) is 22.8. The predicted molar refractivity (Wildman–Crippen MR) is 185 cm³/mol. The van der Waals surface area contributed by atoms with Crippen LogP contribution in [0.2, 0.25) is 18.1 Å². The second kappa shape index (κ2) is 11.2. The van der Waals surface area contributed by atoms with Crippen LogP contribution in [-0.4, -0.2) is 48.8 Å². The van der Waals surface area contributed by atoms with Crippen LogP contribution in [0.25, 0.3) is 0 Å². The minimum Gasteiger partial charge on any atom is -0.414 e. The minimum absolute atomic E-state index is 0.0375. The van der Waals surface area contributed by atoms with E-state index in [1.807, 2.05) is 9.36 Å². The van der Waals surface area contributed by atoms with E-state index in [0.717, 1.165) is 44.9 Å². The first-order valence-electron chi connectivity index (χ1n) is 18.0. The highest BCUT2D eigenvalue weighted by Gasteiger charge is 2.72. The topological polar surface area (TPSA) is 87.5 Å². The molecule has 2 bridgehead atoms. The molecule has 1 aromatic heterocycles. The van der Waals surface area contributed by atoms with Gasteiger partial charge in [-0.2, -0.15) is 0 Å². The van der Waals surface area contributed by atoms with Gasteiger partial charge in [-0.3, -0.25) is 4.98 Å². The van der Waals surface area contributed by atoms with Crippen LogP contribution in [0.4, 0.5) is 0 Å². The Kier molecular flexibility index (Phi) is 8.31. The van der Waals surface area contributed by atoms with Crippen LogP contribution >= 0.6 is 0 Å². The number of nitrogens with zero attached hydrogens (tertiary/aromatic N) is 2. The van der Waals surface area contributed by atoms with Gasteiger partial charge in [-0.1, -0.05) is 73.6 Å². The van der Waals surface area contributed by atoms with Crippen LogP contribution in [-0.2, 0) is 25.0 Å². The zero-order valence-corrected chi connectivity index (χ0v) is 31.5. The van der Waals surface area contributed by atoms with E-state index in [4.69, 9.17) is 13.9 Å². The van der Waals surface area contributed by atoms with Crippen LogP contribution in [0.15, 0.2) is 33.4 Å². The van der Waals surface area contributed by atoms with Gasteiger partial charge in [0, 0.05) is 25.0 Å². The highest BCUT2D eigenvalue weighted by molar-refractivity contribution is 6.74. The van der Waals surface area contributed by atoms with E-state index in [0.29, 0.717) is 24.2 Å². The average molecular weight is 656 g/mol. The Balaban J connectivity index is 1.43. The minimum atomic E-state index is -1.99. The van der Waals surface area contributed by atoms with Crippen LogP contribution in [0, 0.1) is 34.5 Å². The average Bonchev–Trinajstić information content (AvgIpc) is 3.49. The predicted octanol–water partition coefficient (Wildman–Crippen LogP) is 7.32. The lowest BCUT2D eigenvalue weighted by Gasteiger charge is -2.68. The second-order valence-electron chi connectivity index (χ2n) is 18.0. The molecule has 0 aromatic carbocycles. The summed E-state index contributed by atoms with van der Waals surface area (Å²) in [6.07, 6.45) is 15.1. The standard InChI is InChI=1S/C37H61N3O5Si/c1-24(2)12-14-28(45-46(10,11)33(4,5)6)25(3)27-13-15-29-34(27,7)18-17-30-35(8)19-16-26(44-23-43-9)22-36(35)20-21-37(29,30)40-32(42)38-31(41)39(36)40/h17,20-21,24-29H,12-16,18-19,22-23H2,1-11H3,(H,38,41,42)/t25-,26-,27+,28+,29+,34+,35+,36+,37-/m0/s1. The molecule has 6 aliphatic rings. The quantitative estimate of drug-likeness (QED) is 0.162. The maximum Gasteiger partial charge on any atom is 0.345 e. The summed E-state index contributed by atoms with van der Waals surface area (Å²) < 4.78 is 22.3. The molecule has 2 spiro atoms. The summed E-state index contributed by atoms with van der Waals surface area (Å²) in [5, 5.41) is 0.149. The number of methoxy groups -OCH3 is 1. The highest BCUT2D eigenvalue weighted by Crippen LogP contribution is 2.72. The third-order valence-corrected chi connectivity index (χ3v) is 18.7. The van der Waals surface area contributed by atoms with Gasteiger partial charge in [0.1, 0.15) is 12.3 Å². The van der Waals surface area contributed by atoms with Gasteiger partial charge in [0.05, 0.1) is 11.6 Å². The lowest BCUT2D eigenvalue weighted by atomic mass is 9.44. The number of H-pyrrole nitrogens is 1. The molecule has 0 unspecified atom stereocenters. The number of fused-ring (bicyclic) bond motifs is 1. The number of allylic oxidation sites excluding steroid dienone is 4. The van der Waals surface area contributed by atoms with Gasteiger partial charge in [-0.05, 0) is 97.7 Å². The van der Waals surface area contributed by atoms with E-state index in [-0.39, 0.29) is 52.2 Å². The zero-order valence-electron chi connectivity index (χ0n) is 30.5. The Bertz CT molecular complexity index is 1510. The van der Waals surface area contributed by atoms with Crippen molar-refractivity contribution in [2.45, 2.75) is 148 Å². The molecule has 9 atom stereocenters. The van der Waals surface area contributed by atoms with Crippen LogP contribution in [0.3, 0.4) is 0 Å². The summed E-state index contributed by atoms with van der Waals surface area (Å²) in [6, 6.07) is 0. The molecule has 46 heavy (non-hydrogen) atoms. The number of rotatable bonds is 10. The first-order chi connectivity index (χ1) is 21.4. The lowest BCUT2D eigenvalue weighted by molar-refractivity contribution is -0.137. The molecule has 2 saturated carbocycles. The monoisotopic (exact) mass is 655 g/mol. The maximum atomic E-state index is 13.9. The summed E-state index contributed by atoms with van der Waals surface area (Å²) in [5.74, 6) is 1.68. The zero-order chi connectivity index (χ0) is 33.7. The normalized spacial score (nSPS) is 37.8. The smallest absolute Gasteiger partial charge is 0.345 e. The SMILES string of the molecule is COCO[C@H]1CC[C@]2(C)C3=CC[C@]4(C)[C@@H]([C@H](C)[C@@H](CCC(C)C)O[Si](C)(C)C(C)(C)C)CC[C@H]4[C@@]34C=C[C@]2(C1)n1c(=O)[nH]c(=O)n14. The third kappa shape index (κ3) is 4.60. The van der Waals surface area contributed by atoms with Gasteiger partial charge in [-0.15, -0.1) is 0 Å². The van der Waals surface area contributed by atoms with Gasteiger partial charge in [0.2, 0.25) is 0 Å². The van der Waals surface area contributed by atoms with Crippen molar-refractivity contribution < 1.29 is 13.9 Å². The summed E-state index contributed by atoms with van der Waals surface area (Å²) in [6.45, 7) is 24.0. The molecular weight excluding hydrogens is 595 g/mol. The molecule has 1 N–H and O–H groups in total. The number of nitrogens with one attached hydrogen (secondary N) is 1. The number of aromatic amines is 1. The molecule has 2 aliphatic heterocycles. The van der Waals surface area contributed by atoms with E-state index in [9.17, 15) is 9.59 Å². The Labute approximate surface area is 277 Å². The van der Waals surface area contributed by atoms with Gasteiger partial charge < -0.3 is 13.9 Å². The van der Waals surface area contributed by atoms with Crippen LogP contribution in [0.5, 0.6) is 0 Å². The molecule has 1 aromatic rings. The van der Waals surface area contributed by atoms with Gasteiger partial charge in [0.15, 0.2) is 8.32 Å². The summed E-state index contributed by atoms with van der Waals surface area (Å²) in [5.41, 5.74) is -0.892. The molecule has 258 valence electrons.